The van der Waals surface area contributed by atoms with Crippen molar-refractivity contribution < 1.29 is 23.8 Å². The van der Waals surface area contributed by atoms with Crippen LogP contribution in [0.4, 0.5) is 4.39 Å². The number of phenols is 1. The van der Waals surface area contributed by atoms with Crippen molar-refractivity contribution >= 4 is 11.8 Å². The van der Waals surface area contributed by atoms with Crippen molar-refractivity contribution in [2.45, 2.75) is 6.92 Å². The minimum atomic E-state index is -1.11. The second kappa shape index (κ2) is 4.54. The topological polar surface area (TPSA) is 63.6 Å². The summed E-state index contributed by atoms with van der Waals surface area (Å²) in [4.78, 5) is 22.3. The van der Waals surface area contributed by atoms with E-state index in [1.54, 1.807) is 6.92 Å². The molecule has 0 aliphatic heterocycles. The molecule has 4 nitrogen and oxygen atoms in total. The standard InChI is InChI=1S/C10H9FO4/c1-2-15-10(14)9(13)7-4-3-6(12)5-8(7)11/h3-5,12H,2H2,1H3. The minimum Gasteiger partial charge on any atom is -0.508 e. The van der Waals surface area contributed by atoms with Crippen molar-refractivity contribution in [1.82, 2.24) is 0 Å². The predicted octanol–water partition coefficient (Wildman–Crippen LogP) is 1.28. The summed E-state index contributed by atoms with van der Waals surface area (Å²) in [5, 5.41) is 8.89. The van der Waals surface area contributed by atoms with Crippen molar-refractivity contribution in [3.05, 3.63) is 29.6 Å². The van der Waals surface area contributed by atoms with Crippen LogP contribution in [0.5, 0.6) is 5.75 Å². The van der Waals surface area contributed by atoms with E-state index in [0.717, 1.165) is 18.2 Å². The van der Waals surface area contributed by atoms with Crippen LogP contribution < -0.4 is 0 Å². The lowest BCUT2D eigenvalue weighted by Gasteiger charge is -2.02. The maximum absolute atomic E-state index is 13.1. The van der Waals surface area contributed by atoms with Gasteiger partial charge in [-0.3, -0.25) is 4.79 Å². The summed E-state index contributed by atoms with van der Waals surface area (Å²) in [6.07, 6.45) is 0. The third kappa shape index (κ3) is 2.52. The van der Waals surface area contributed by atoms with Gasteiger partial charge in [0.1, 0.15) is 11.6 Å². The highest BCUT2D eigenvalue weighted by molar-refractivity contribution is 6.40. The lowest BCUT2D eigenvalue weighted by molar-refractivity contribution is -0.137. The zero-order chi connectivity index (χ0) is 11.4. The van der Waals surface area contributed by atoms with E-state index in [0.29, 0.717) is 0 Å². The van der Waals surface area contributed by atoms with E-state index in [2.05, 4.69) is 4.74 Å². The van der Waals surface area contributed by atoms with E-state index >= 15 is 0 Å². The van der Waals surface area contributed by atoms with E-state index in [9.17, 15) is 14.0 Å². The van der Waals surface area contributed by atoms with Crippen LogP contribution in [0.3, 0.4) is 0 Å². The average molecular weight is 212 g/mol. The summed E-state index contributed by atoms with van der Waals surface area (Å²) < 4.78 is 17.5. The van der Waals surface area contributed by atoms with Crippen molar-refractivity contribution in [3.8, 4) is 5.75 Å². The van der Waals surface area contributed by atoms with Gasteiger partial charge in [0, 0.05) is 6.07 Å². The highest BCUT2D eigenvalue weighted by atomic mass is 19.1. The van der Waals surface area contributed by atoms with Crippen LogP contribution in [-0.4, -0.2) is 23.5 Å². The zero-order valence-electron chi connectivity index (χ0n) is 7.99. The van der Waals surface area contributed by atoms with Gasteiger partial charge in [0.15, 0.2) is 0 Å². The number of hydrogen-bond acceptors (Lipinski definition) is 4. The number of halogens is 1. The van der Waals surface area contributed by atoms with Crippen LogP contribution in [0.1, 0.15) is 17.3 Å². The molecule has 5 heteroatoms. The van der Waals surface area contributed by atoms with Crippen LogP contribution in [0.15, 0.2) is 18.2 Å². The molecule has 0 fully saturated rings. The minimum absolute atomic E-state index is 0.0459. The van der Waals surface area contributed by atoms with Crippen LogP contribution in [0.25, 0.3) is 0 Å². The Bertz CT molecular complexity index is 400. The first-order chi connectivity index (χ1) is 7.06. The molecule has 0 saturated heterocycles. The molecule has 0 spiro atoms. The Morgan fingerprint density at radius 1 is 1.47 bits per heavy atom. The summed E-state index contributed by atoms with van der Waals surface area (Å²) in [6.45, 7) is 1.59. The number of hydrogen-bond donors (Lipinski definition) is 1. The number of carbonyl (C=O) groups excluding carboxylic acids is 2. The van der Waals surface area contributed by atoms with E-state index in [1.165, 1.54) is 0 Å². The molecule has 0 aromatic heterocycles. The number of esters is 1. The predicted molar refractivity (Wildman–Crippen MR) is 49.0 cm³/mol. The van der Waals surface area contributed by atoms with Gasteiger partial charge in [0.05, 0.1) is 12.2 Å². The first kappa shape index (κ1) is 11.2. The smallest absolute Gasteiger partial charge is 0.379 e. The second-order valence-corrected chi connectivity index (χ2v) is 2.71. The van der Waals surface area contributed by atoms with Gasteiger partial charge in [-0.15, -0.1) is 0 Å². The number of Topliss-reactive ketones (excluding diaryl/α,β-unsaturated/α-hetero) is 1. The number of aromatic hydroxyl groups is 1. The molecule has 15 heavy (non-hydrogen) atoms. The van der Waals surface area contributed by atoms with Gasteiger partial charge in [-0.1, -0.05) is 0 Å². The van der Waals surface area contributed by atoms with E-state index < -0.39 is 23.1 Å². The molecule has 0 amide bonds. The highest BCUT2D eigenvalue weighted by Gasteiger charge is 2.21. The Labute approximate surface area is 85.3 Å². The summed E-state index contributed by atoms with van der Waals surface area (Å²) in [5.74, 6) is -3.43. The van der Waals surface area contributed by atoms with Gasteiger partial charge in [-0.05, 0) is 19.1 Å². The third-order valence-electron chi connectivity index (χ3n) is 1.66. The molecular weight excluding hydrogens is 203 g/mol. The second-order valence-electron chi connectivity index (χ2n) is 2.71. The molecule has 0 radical (unpaired) electrons. The fourth-order valence-corrected chi connectivity index (χ4v) is 0.995. The number of ether oxygens (including phenoxy) is 1. The molecule has 1 aromatic rings. The van der Waals surface area contributed by atoms with Gasteiger partial charge < -0.3 is 9.84 Å². The van der Waals surface area contributed by atoms with E-state index in [1.807, 2.05) is 0 Å². The monoisotopic (exact) mass is 212 g/mol. The molecule has 1 aromatic carbocycles. The van der Waals surface area contributed by atoms with Gasteiger partial charge in [-0.2, -0.15) is 0 Å². The largest absolute Gasteiger partial charge is 0.508 e. The SMILES string of the molecule is CCOC(=O)C(=O)c1ccc(O)cc1F. The lowest BCUT2D eigenvalue weighted by Crippen LogP contribution is -2.18. The van der Waals surface area contributed by atoms with Gasteiger partial charge >= 0.3 is 5.97 Å². The van der Waals surface area contributed by atoms with Crippen LogP contribution in [-0.2, 0) is 9.53 Å². The summed E-state index contributed by atoms with van der Waals surface area (Å²) in [6, 6.07) is 2.91. The molecule has 0 saturated carbocycles. The Morgan fingerprint density at radius 3 is 2.67 bits per heavy atom. The van der Waals surface area contributed by atoms with Crippen LogP contribution in [0, 0.1) is 5.82 Å². The Morgan fingerprint density at radius 2 is 2.13 bits per heavy atom. The number of ketones is 1. The number of phenolic OH excluding ortho intramolecular Hbond substituents is 1. The number of rotatable bonds is 3. The first-order valence-corrected chi connectivity index (χ1v) is 4.26. The summed E-state index contributed by atoms with van der Waals surface area (Å²) in [5.41, 5.74) is -0.411. The molecule has 0 aliphatic rings. The Hall–Kier alpha value is -1.91. The highest BCUT2D eigenvalue weighted by Crippen LogP contribution is 2.15. The first-order valence-electron chi connectivity index (χ1n) is 4.26. The van der Waals surface area contributed by atoms with Gasteiger partial charge in [-0.25, -0.2) is 9.18 Å². The molecule has 80 valence electrons. The third-order valence-corrected chi connectivity index (χ3v) is 1.66. The van der Waals surface area contributed by atoms with E-state index in [4.69, 9.17) is 5.11 Å². The van der Waals surface area contributed by atoms with Crippen molar-refractivity contribution in [3.63, 3.8) is 0 Å². The van der Waals surface area contributed by atoms with E-state index in [-0.39, 0.29) is 12.4 Å². The van der Waals surface area contributed by atoms with Gasteiger partial charge in [0.25, 0.3) is 5.78 Å². The fraction of sp³-hybridized carbons (Fsp3) is 0.200. The molecule has 0 bridgehead atoms. The number of carbonyl (C=O) groups is 2. The Balaban J connectivity index is 2.96. The van der Waals surface area contributed by atoms with Crippen molar-refractivity contribution in [2.75, 3.05) is 6.61 Å². The molecule has 0 heterocycles. The molecule has 1 N–H and O–H groups in total. The Kier molecular flexibility index (Phi) is 3.38. The molecular formula is C10H9FO4. The maximum atomic E-state index is 13.1. The average Bonchev–Trinajstić information content (AvgIpc) is 2.17. The molecule has 0 atom stereocenters. The molecule has 1 rings (SSSR count). The van der Waals surface area contributed by atoms with Crippen LogP contribution in [0.2, 0.25) is 0 Å². The lowest BCUT2D eigenvalue weighted by atomic mass is 10.1. The number of benzene rings is 1. The van der Waals surface area contributed by atoms with Crippen molar-refractivity contribution in [1.29, 1.82) is 0 Å². The normalized spacial score (nSPS) is 9.73. The zero-order valence-corrected chi connectivity index (χ0v) is 7.99. The maximum Gasteiger partial charge on any atom is 0.379 e. The quantitative estimate of drug-likeness (QED) is 0.465. The van der Waals surface area contributed by atoms with Crippen molar-refractivity contribution in [2.24, 2.45) is 0 Å². The summed E-state index contributed by atoms with van der Waals surface area (Å²) in [7, 11) is 0. The molecule has 0 aliphatic carbocycles. The fourth-order valence-electron chi connectivity index (χ4n) is 0.995. The van der Waals surface area contributed by atoms with Crippen LogP contribution >= 0.6 is 0 Å². The van der Waals surface area contributed by atoms with Gasteiger partial charge in [0.2, 0.25) is 0 Å². The summed E-state index contributed by atoms with van der Waals surface area (Å²) >= 11 is 0. The molecule has 0 unspecified atom stereocenters.